The van der Waals surface area contributed by atoms with Crippen molar-refractivity contribution in [3.8, 4) is 33.6 Å². The van der Waals surface area contributed by atoms with Gasteiger partial charge in [0.1, 0.15) is 17.7 Å². The molecule has 6 heterocycles. The number of alkyl carbamates (subject to hydrolysis) is 1. The molecule has 8 rings (SSSR count). The van der Waals surface area contributed by atoms with E-state index in [2.05, 4.69) is 77.7 Å². The van der Waals surface area contributed by atoms with E-state index in [1.165, 1.54) is 14.2 Å². The van der Waals surface area contributed by atoms with Crippen LogP contribution in [0.4, 0.5) is 4.79 Å². The van der Waals surface area contributed by atoms with Gasteiger partial charge < -0.3 is 44.0 Å². The molecule has 2 aromatic carbocycles. The molecule has 15 heteroatoms. The number of hydrogen-bond donors (Lipinski definition) is 3. The average molecular weight is 906 g/mol. The number of nitrogens with zero attached hydrogens (tertiary/aromatic N) is 4. The van der Waals surface area contributed by atoms with E-state index in [0.29, 0.717) is 12.8 Å². The Balaban J connectivity index is 0.936. The second-order valence-electron chi connectivity index (χ2n) is 19.4. The number of carbonyl (C=O) groups excluding carboxylic acids is 4. The lowest BCUT2D eigenvalue weighted by atomic mass is 9.79. The molecule has 354 valence electrons. The van der Waals surface area contributed by atoms with Crippen LogP contribution < -0.4 is 5.32 Å². The van der Waals surface area contributed by atoms with E-state index in [9.17, 15) is 19.2 Å². The zero-order chi connectivity index (χ0) is 46.8. The van der Waals surface area contributed by atoms with Crippen molar-refractivity contribution in [3.63, 3.8) is 0 Å². The molecule has 12 atom stereocenters. The zero-order valence-corrected chi connectivity index (χ0v) is 39.6. The Morgan fingerprint density at radius 2 is 1.05 bits per heavy atom. The summed E-state index contributed by atoms with van der Waals surface area (Å²) in [5.74, 6) is 0.408. The smallest absolute Gasteiger partial charge is 0.407 e. The fourth-order valence-electron chi connectivity index (χ4n) is 11.4. The number of methoxy groups -OCH3 is 2. The molecular weight excluding hydrogens is 839 g/mol. The number of H-pyrrole nitrogens is 2. The van der Waals surface area contributed by atoms with Crippen LogP contribution in [0.25, 0.3) is 33.6 Å². The highest BCUT2D eigenvalue weighted by molar-refractivity contribution is 5.87. The van der Waals surface area contributed by atoms with Gasteiger partial charge in [-0.3, -0.25) is 14.4 Å². The van der Waals surface area contributed by atoms with Gasteiger partial charge in [-0.1, -0.05) is 48.5 Å². The number of aromatic amines is 2. The molecule has 3 amide bonds. The first-order valence-corrected chi connectivity index (χ1v) is 23.9. The third-order valence-electron chi connectivity index (χ3n) is 14.6. The number of rotatable bonds is 12. The van der Waals surface area contributed by atoms with Gasteiger partial charge in [0.05, 0.1) is 86.8 Å². The minimum Gasteiger partial charge on any atom is -0.469 e. The van der Waals surface area contributed by atoms with E-state index >= 15 is 0 Å². The van der Waals surface area contributed by atoms with Gasteiger partial charge >= 0.3 is 12.1 Å². The predicted molar refractivity (Wildman–Crippen MR) is 249 cm³/mol. The number of aromatic nitrogens is 4. The van der Waals surface area contributed by atoms with Gasteiger partial charge in [0.25, 0.3) is 0 Å². The molecule has 0 saturated carbocycles. The van der Waals surface area contributed by atoms with Crippen molar-refractivity contribution in [2.24, 2.45) is 17.8 Å². The first-order chi connectivity index (χ1) is 31.7. The van der Waals surface area contributed by atoms with Gasteiger partial charge in [0.2, 0.25) is 11.8 Å². The molecule has 4 aromatic rings. The van der Waals surface area contributed by atoms with E-state index in [1.807, 2.05) is 49.9 Å². The summed E-state index contributed by atoms with van der Waals surface area (Å²) in [4.78, 5) is 74.6. The van der Waals surface area contributed by atoms with Gasteiger partial charge in [-0.25, -0.2) is 14.8 Å². The molecule has 0 radical (unpaired) electrons. The number of esters is 1. The maximum Gasteiger partial charge on any atom is 0.407 e. The fourth-order valence-corrected chi connectivity index (χ4v) is 11.4. The van der Waals surface area contributed by atoms with Crippen molar-refractivity contribution in [2.75, 3.05) is 14.2 Å². The number of carbonyl (C=O) groups is 4. The van der Waals surface area contributed by atoms with Crippen LogP contribution in [0.15, 0.2) is 60.9 Å². The van der Waals surface area contributed by atoms with E-state index in [0.717, 1.165) is 83.8 Å². The Morgan fingerprint density at radius 1 is 0.621 bits per heavy atom. The molecule has 2 aromatic heterocycles. The molecule has 15 nitrogen and oxygen atoms in total. The van der Waals surface area contributed by atoms with Crippen molar-refractivity contribution >= 4 is 23.9 Å². The highest BCUT2D eigenvalue weighted by Gasteiger charge is 2.46. The lowest BCUT2D eigenvalue weighted by Crippen LogP contribution is -2.55. The van der Waals surface area contributed by atoms with Crippen LogP contribution in [-0.4, -0.2) is 110 Å². The standard InChI is InChI=1S/C51H67N7O8/c1-28-9-19-43(57(28)49(60)40(25-45(59)63-7)38-21-30(3)65-31(4)22-38)47-52-26-41(54-47)36-15-11-34(12-16-36)35-13-17-37(18-14-35)42-27-53-48(55-42)44-20-10-29(2)58(44)50(61)46(56-51(62)64-8)39-23-32(5)66-33(6)24-39/h11-18,26-33,38-40,43-44,46H,9-10,19-25H2,1-8H3,(H,52,54)(H,53,55)(H,56,62)/t28-,29-,30-,31+,32-,33+,38?,39?,40-,43-,44-,46-/m0/s1. The van der Waals surface area contributed by atoms with Gasteiger partial charge in [-0.2, -0.15) is 0 Å². The van der Waals surface area contributed by atoms with Crippen molar-refractivity contribution in [2.45, 2.75) is 154 Å². The second-order valence-corrected chi connectivity index (χ2v) is 19.4. The summed E-state index contributed by atoms with van der Waals surface area (Å²) in [6, 6.07) is 15.4. The Morgan fingerprint density at radius 3 is 1.48 bits per heavy atom. The number of hydrogen-bond acceptors (Lipinski definition) is 10. The maximum absolute atomic E-state index is 14.5. The van der Waals surface area contributed by atoms with Crippen LogP contribution in [0.5, 0.6) is 0 Å². The van der Waals surface area contributed by atoms with Crippen molar-refractivity contribution < 1.29 is 38.1 Å². The Hall–Kier alpha value is -5.54. The minimum atomic E-state index is -0.735. The van der Waals surface area contributed by atoms with Crippen LogP contribution in [0, 0.1) is 17.8 Å². The second kappa shape index (κ2) is 20.1. The molecule has 0 aliphatic carbocycles. The third kappa shape index (κ3) is 10.1. The summed E-state index contributed by atoms with van der Waals surface area (Å²) in [6.07, 6.45) is 9.06. The topological polar surface area (TPSA) is 181 Å². The third-order valence-corrected chi connectivity index (χ3v) is 14.6. The van der Waals surface area contributed by atoms with Crippen LogP contribution in [0.2, 0.25) is 0 Å². The summed E-state index contributed by atoms with van der Waals surface area (Å²) < 4.78 is 22.0. The first-order valence-electron chi connectivity index (χ1n) is 23.9. The van der Waals surface area contributed by atoms with Gasteiger partial charge in [-0.15, -0.1) is 0 Å². The van der Waals surface area contributed by atoms with Gasteiger partial charge in [-0.05, 0) is 127 Å². The number of ether oxygens (including phenoxy) is 4. The lowest BCUT2D eigenvalue weighted by Gasteiger charge is -2.39. The van der Waals surface area contributed by atoms with E-state index in [1.54, 1.807) is 0 Å². The monoisotopic (exact) mass is 906 g/mol. The Kier molecular flexibility index (Phi) is 14.3. The lowest BCUT2D eigenvalue weighted by molar-refractivity contribution is -0.153. The molecular formula is C51H67N7O8. The number of amides is 3. The minimum absolute atomic E-state index is 0.0101. The quantitative estimate of drug-likeness (QED) is 0.117. The highest BCUT2D eigenvalue weighted by Crippen LogP contribution is 2.42. The van der Waals surface area contributed by atoms with Crippen LogP contribution >= 0.6 is 0 Å². The number of nitrogens with one attached hydrogen (secondary N) is 3. The normalized spacial score (nSPS) is 28.7. The van der Waals surface area contributed by atoms with E-state index in [4.69, 9.17) is 28.9 Å². The van der Waals surface area contributed by atoms with Gasteiger partial charge in [0.15, 0.2) is 0 Å². The summed E-state index contributed by atoms with van der Waals surface area (Å²) in [7, 11) is 2.69. The van der Waals surface area contributed by atoms with Crippen molar-refractivity contribution in [1.82, 2.24) is 35.1 Å². The average Bonchev–Trinajstić information content (AvgIpc) is 4.13. The fraction of sp³-hybridized carbons (Fsp3) is 0.569. The largest absolute Gasteiger partial charge is 0.469 e. The van der Waals surface area contributed by atoms with E-state index < -0.39 is 18.1 Å². The van der Waals surface area contributed by atoms with Crippen molar-refractivity contribution in [1.29, 1.82) is 0 Å². The predicted octanol–water partition coefficient (Wildman–Crippen LogP) is 8.55. The maximum atomic E-state index is 14.5. The molecule has 4 fully saturated rings. The van der Waals surface area contributed by atoms with Crippen molar-refractivity contribution in [3.05, 3.63) is 72.6 Å². The number of likely N-dealkylation sites (tertiary alicyclic amines) is 2. The molecule has 0 spiro atoms. The number of benzene rings is 2. The van der Waals surface area contributed by atoms with Crippen LogP contribution in [-0.2, 0) is 33.3 Å². The molecule has 0 bridgehead atoms. The highest BCUT2D eigenvalue weighted by atomic mass is 16.5. The molecule has 3 N–H and O–H groups in total. The zero-order valence-electron chi connectivity index (χ0n) is 39.6. The molecule has 4 aliphatic heterocycles. The summed E-state index contributed by atoms with van der Waals surface area (Å²) in [5.41, 5.74) is 5.79. The Labute approximate surface area is 388 Å². The molecule has 2 unspecified atom stereocenters. The first kappa shape index (κ1) is 47.0. The van der Waals surface area contributed by atoms with Crippen LogP contribution in [0.1, 0.15) is 123 Å². The van der Waals surface area contributed by atoms with Gasteiger partial charge in [0, 0.05) is 12.1 Å². The molecule has 66 heavy (non-hydrogen) atoms. The summed E-state index contributed by atoms with van der Waals surface area (Å²) in [6.45, 7) is 12.2. The molecule has 4 saturated heterocycles. The summed E-state index contributed by atoms with van der Waals surface area (Å²) >= 11 is 0. The number of imidazole rings is 2. The van der Waals surface area contributed by atoms with Crippen LogP contribution in [0.3, 0.4) is 0 Å². The SMILES string of the molecule is COC(=O)C[C@H](C(=O)N1[C@@H](C)CC[C@H]1c1ncc(-c2ccc(-c3ccc(-c4cnc([C@@H]5CC[C@H](C)N5C(=O)[C@@H](NC(=O)OC)C5C[C@@H](C)O[C@@H](C)C5)[nH]4)cc3)cc2)[nH]1)C1C[C@@H](C)O[C@@H](C)C1. The van der Waals surface area contributed by atoms with E-state index in [-0.39, 0.29) is 84.6 Å². The molecule has 4 aliphatic rings. The summed E-state index contributed by atoms with van der Waals surface area (Å²) in [5, 5.41) is 2.88. The Bertz CT molecular complexity index is 2150.